The average Bonchev–Trinajstić information content (AvgIpc) is 2.63. The second kappa shape index (κ2) is 8.75. The monoisotopic (exact) mass is 434 g/mol. The van der Waals surface area contributed by atoms with Gasteiger partial charge in [0.2, 0.25) is 0 Å². The number of methoxy groups -OCH3 is 2. The zero-order valence-corrected chi connectivity index (χ0v) is 16.7. The van der Waals surface area contributed by atoms with E-state index in [0.29, 0.717) is 32.2 Å². The van der Waals surface area contributed by atoms with Gasteiger partial charge in [0.1, 0.15) is 11.6 Å². The van der Waals surface area contributed by atoms with E-state index in [4.69, 9.17) is 21.1 Å². The predicted octanol–water partition coefficient (Wildman–Crippen LogP) is 4.97. The van der Waals surface area contributed by atoms with E-state index in [2.05, 4.69) is 21.2 Å². The predicted molar refractivity (Wildman–Crippen MR) is 106 cm³/mol. The number of anilines is 1. The van der Waals surface area contributed by atoms with Crippen LogP contribution in [0.1, 0.15) is 11.1 Å². The first-order valence-corrected chi connectivity index (χ1v) is 8.67. The number of aryl methyl sites for hydroxylation is 1. The van der Waals surface area contributed by atoms with Crippen LogP contribution in [0, 0.1) is 18.3 Å². The van der Waals surface area contributed by atoms with Gasteiger partial charge in [0.05, 0.1) is 14.2 Å². The first-order valence-electron chi connectivity index (χ1n) is 7.50. The normalized spacial score (nSPS) is 10.8. The van der Waals surface area contributed by atoms with Gasteiger partial charge >= 0.3 is 0 Å². The summed E-state index contributed by atoms with van der Waals surface area (Å²) in [6.07, 6.45) is 1.47. The van der Waals surface area contributed by atoms with Gasteiger partial charge in [-0.1, -0.05) is 33.6 Å². The van der Waals surface area contributed by atoms with Crippen molar-refractivity contribution in [3.63, 3.8) is 0 Å². The largest absolute Gasteiger partial charge is 0.493 e. The number of nitriles is 1. The Morgan fingerprint density at radius 3 is 2.50 bits per heavy atom. The summed E-state index contributed by atoms with van der Waals surface area (Å²) in [6.45, 7) is 1.84. The fraction of sp³-hybridized carbons (Fsp3) is 0.158. The topological polar surface area (TPSA) is 71.3 Å². The molecule has 0 saturated carbocycles. The van der Waals surface area contributed by atoms with E-state index in [0.717, 1.165) is 5.56 Å². The van der Waals surface area contributed by atoms with E-state index in [1.807, 2.05) is 13.0 Å². The van der Waals surface area contributed by atoms with Crippen LogP contribution in [-0.2, 0) is 4.79 Å². The summed E-state index contributed by atoms with van der Waals surface area (Å²) in [6, 6.07) is 10.5. The molecule has 0 bridgehead atoms. The van der Waals surface area contributed by atoms with Crippen LogP contribution in [0.3, 0.4) is 0 Å². The van der Waals surface area contributed by atoms with Gasteiger partial charge in [0.25, 0.3) is 5.91 Å². The Labute approximate surface area is 165 Å². The molecule has 1 N–H and O–H groups in total. The Morgan fingerprint density at radius 1 is 1.23 bits per heavy atom. The maximum Gasteiger partial charge on any atom is 0.266 e. The lowest BCUT2D eigenvalue weighted by atomic mass is 10.1. The third-order valence-electron chi connectivity index (χ3n) is 3.62. The van der Waals surface area contributed by atoms with E-state index in [1.165, 1.54) is 20.3 Å². The van der Waals surface area contributed by atoms with E-state index in [1.54, 1.807) is 30.3 Å². The molecule has 134 valence electrons. The molecule has 0 saturated heterocycles. The van der Waals surface area contributed by atoms with Gasteiger partial charge in [-0.3, -0.25) is 4.79 Å². The van der Waals surface area contributed by atoms with Crippen LogP contribution in [0.25, 0.3) is 6.08 Å². The molecule has 2 aromatic rings. The first kappa shape index (κ1) is 19.8. The van der Waals surface area contributed by atoms with Crippen LogP contribution in [-0.4, -0.2) is 20.1 Å². The minimum Gasteiger partial charge on any atom is -0.493 e. The standard InChI is InChI=1S/C19H16BrClN2O3/c1-11-4-5-14(21)8-16(11)23-19(24)13(10-22)6-12-7-17(25-2)18(26-3)9-15(12)20/h4-9H,1-3H3,(H,23,24)/b13-6+. The van der Waals surface area contributed by atoms with Crippen LogP contribution in [0.15, 0.2) is 40.4 Å². The molecule has 1 amide bonds. The van der Waals surface area contributed by atoms with Crippen LogP contribution in [0.5, 0.6) is 11.5 Å². The number of hydrogen-bond donors (Lipinski definition) is 1. The lowest BCUT2D eigenvalue weighted by Gasteiger charge is -2.11. The second-order valence-electron chi connectivity index (χ2n) is 5.31. The molecule has 2 aromatic carbocycles. The number of nitrogens with zero attached hydrogens (tertiary/aromatic N) is 1. The van der Waals surface area contributed by atoms with E-state index in [9.17, 15) is 10.1 Å². The molecule has 5 nitrogen and oxygen atoms in total. The number of ether oxygens (including phenoxy) is 2. The number of benzene rings is 2. The number of carbonyl (C=O) groups is 1. The van der Waals surface area contributed by atoms with E-state index < -0.39 is 5.91 Å². The summed E-state index contributed by atoms with van der Waals surface area (Å²) in [5.74, 6) is 0.499. The van der Waals surface area contributed by atoms with Crippen molar-refractivity contribution in [2.45, 2.75) is 6.92 Å². The van der Waals surface area contributed by atoms with Gasteiger partial charge in [0.15, 0.2) is 11.5 Å². The Bertz CT molecular complexity index is 920. The zero-order chi connectivity index (χ0) is 19.3. The summed E-state index contributed by atoms with van der Waals surface area (Å²) in [5.41, 5.74) is 1.94. The Balaban J connectivity index is 2.37. The molecule has 0 spiro atoms. The smallest absolute Gasteiger partial charge is 0.266 e. The highest BCUT2D eigenvalue weighted by atomic mass is 79.9. The lowest BCUT2D eigenvalue weighted by molar-refractivity contribution is -0.112. The van der Waals surface area contributed by atoms with Gasteiger partial charge in [-0.25, -0.2) is 0 Å². The highest BCUT2D eigenvalue weighted by molar-refractivity contribution is 9.10. The van der Waals surface area contributed by atoms with Gasteiger partial charge in [-0.05, 0) is 48.4 Å². The molecule has 0 heterocycles. The number of hydrogen-bond acceptors (Lipinski definition) is 4. The van der Waals surface area contributed by atoms with Crippen molar-refractivity contribution in [3.8, 4) is 17.6 Å². The van der Waals surface area contributed by atoms with Gasteiger partial charge < -0.3 is 14.8 Å². The summed E-state index contributed by atoms with van der Waals surface area (Å²) < 4.78 is 11.1. The van der Waals surface area contributed by atoms with E-state index >= 15 is 0 Å². The van der Waals surface area contributed by atoms with Gasteiger partial charge in [-0.15, -0.1) is 0 Å². The number of amides is 1. The minimum atomic E-state index is -0.528. The van der Waals surface area contributed by atoms with Crippen molar-refractivity contribution >= 4 is 45.2 Å². The summed E-state index contributed by atoms with van der Waals surface area (Å²) in [5, 5.41) is 12.6. The van der Waals surface area contributed by atoms with E-state index in [-0.39, 0.29) is 5.57 Å². The van der Waals surface area contributed by atoms with Crippen molar-refractivity contribution in [2.24, 2.45) is 0 Å². The third kappa shape index (κ3) is 4.57. The molecule has 0 aliphatic rings. The molecule has 0 aliphatic heterocycles. The van der Waals surface area contributed by atoms with Crippen molar-refractivity contribution in [1.29, 1.82) is 5.26 Å². The fourth-order valence-corrected chi connectivity index (χ4v) is 2.81. The molecule has 0 radical (unpaired) electrons. The summed E-state index contributed by atoms with van der Waals surface area (Å²) in [7, 11) is 3.04. The maximum atomic E-state index is 12.5. The Hall–Kier alpha value is -2.49. The molecule has 26 heavy (non-hydrogen) atoms. The highest BCUT2D eigenvalue weighted by Gasteiger charge is 2.14. The molecule has 0 fully saturated rings. The molecule has 0 aromatic heterocycles. The third-order valence-corrected chi connectivity index (χ3v) is 4.54. The van der Waals surface area contributed by atoms with Crippen LogP contribution in [0.4, 0.5) is 5.69 Å². The molecule has 0 aliphatic carbocycles. The fourth-order valence-electron chi connectivity index (χ4n) is 2.20. The SMILES string of the molecule is COc1cc(Br)c(/C=C(\C#N)C(=O)Nc2cc(Cl)ccc2C)cc1OC. The van der Waals surface area contributed by atoms with Crippen LogP contribution < -0.4 is 14.8 Å². The van der Waals surface area contributed by atoms with Gasteiger partial charge in [0, 0.05) is 15.2 Å². The molecular weight excluding hydrogens is 420 g/mol. The highest BCUT2D eigenvalue weighted by Crippen LogP contribution is 2.34. The zero-order valence-electron chi connectivity index (χ0n) is 14.4. The summed E-state index contributed by atoms with van der Waals surface area (Å²) in [4.78, 5) is 12.5. The Morgan fingerprint density at radius 2 is 1.88 bits per heavy atom. The van der Waals surface area contributed by atoms with Crippen molar-refractivity contribution in [3.05, 3.63) is 56.5 Å². The second-order valence-corrected chi connectivity index (χ2v) is 6.60. The number of halogens is 2. The van der Waals surface area contributed by atoms with Crippen molar-refractivity contribution < 1.29 is 14.3 Å². The van der Waals surface area contributed by atoms with Crippen molar-refractivity contribution in [1.82, 2.24) is 0 Å². The minimum absolute atomic E-state index is 0.0581. The number of carbonyl (C=O) groups excluding carboxylic acids is 1. The average molecular weight is 436 g/mol. The van der Waals surface area contributed by atoms with Crippen LogP contribution >= 0.6 is 27.5 Å². The van der Waals surface area contributed by atoms with Crippen LogP contribution in [0.2, 0.25) is 5.02 Å². The first-order chi connectivity index (χ1) is 12.4. The Kier molecular flexibility index (Phi) is 6.67. The molecular formula is C19H16BrClN2O3. The molecule has 2 rings (SSSR count). The quantitative estimate of drug-likeness (QED) is 0.531. The maximum absolute atomic E-state index is 12.5. The molecule has 0 atom stereocenters. The molecule has 7 heteroatoms. The summed E-state index contributed by atoms with van der Waals surface area (Å²) >= 11 is 9.37. The number of nitrogens with one attached hydrogen (secondary N) is 1. The van der Waals surface area contributed by atoms with Gasteiger partial charge in [-0.2, -0.15) is 5.26 Å². The lowest BCUT2D eigenvalue weighted by Crippen LogP contribution is -2.14. The van der Waals surface area contributed by atoms with Crippen molar-refractivity contribution in [2.75, 3.05) is 19.5 Å². The molecule has 0 unspecified atom stereocenters. The number of rotatable bonds is 5.